The van der Waals surface area contributed by atoms with Gasteiger partial charge >= 0.3 is 0 Å². The number of rotatable bonds is 6. The molecule has 2 N–H and O–H groups in total. The van der Waals surface area contributed by atoms with Gasteiger partial charge in [-0.1, -0.05) is 38.1 Å². The Morgan fingerprint density at radius 2 is 1.95 bits per heavy atom. The first kappa shape index (κ1) is 13.9. The van der Waals surface area contributed by atoms with Crippen LogP contribution < -0.4 is 5.32 Å². The quantitative estimate of drug-likeness (QED) is 0.770. The van der Waals surface area contributed by atoms with Crippen LogP contribution in [0.3, 0.4) is 0 Å². The molecule has 0 aliphatic carbocycles. The lowest BCUT2D eigenvalue weighted by atomic mass is 10.00. The number of phenolic OH excluding ortho intramolecular Hbond substituents is 1. The number of hydrogen-bond acceptors (Lipinski definition) is 2. The average molecular weight is 257 g/mol. The highest BCUT2D eigenvalue weighted by Crippen LogP contribution is 2.24. The molecule has 0 bridgehead atoms. The monoisotopic (exact) mass is 257 g/mol. The summed E-state index contributed by atoms with van der Waals surface area (Å²) in [5.74, 6) is 0.339. The van der Waals surface area contributed by atoms with Gasteiger partial charge in [0.25, 0.3) is 0 Å². The van der Waals surface area contributed by atoms with Gasteiger partial charge in [-0.3, -0.25) is 0 Å². The third-order valence-corrected chi connectivity index (χ3v) is 3.38. The molecule has 0 saturated heterocycles. The second-order valence-corrected chi connectivity index (χ2v) is 5.39. The molecule has 0 unspecified atom stereocenters. The van der Waals surface area contributed by atoms with Gasteiger partial charge in [0, 0.05) is 6.04 Å². The number of fused-ring (bicyclic) bond motifs is 1. The summed E-state index contributed by atoms with van der Waals surface area (Å²) in [5.41, 5.74) is 1.38. The molecular weight excluding hydrogens is 234 g/mol. The highest BCUT2D eigenvalue weighted by Gasteiger charge is 2.02. The van der Waals surface area contributed by atoms with Crippen molar-refractivity contribution >= 4 is 10.8 Å². The summed E-state index contributed by atoms with van der Waals surface area (Å²) in [6.07, 6.45) is 3.49. The first-order valence-corrected chi connectivity index (χ1v) is 7.11. The van der Waals surface area contributed by atoms with Crippen molar-refractivity contribution in [1.29, 1.82) is 0 Å². The SMILES string of the molecule is CC(C)NCCCCc1cccc2cc(O)ccc12. The minimum atomic E-state index is 0.339. The largest absolute Gasteiger partial charge is 0.508 e. The van der Waals surface area contributed by atoms with E-state index in [0.29, 0.717) is 11.8 Å². The molecule has 0 fully saturated rings. The zero-order chi connectivity index (χ0) is 13.7. The van der Waals surface area contributed by atoms with Gasteiger partial charge in [0.1, 0.15) is 5.75 Å². The fourth-order valence-electron chi connectivity index (χ4n) is 2.39. The Balaban J connectivity index is 1.97. The van der Waals surface area contributed by atoms with E-state index in [9.17, 15) is 5.11 Å². The summed E-state index contributed by atoms with van der Waals surface area (Å²) in [5, 5.41) is 15.3. The maximum Gasteiger partial charge on any atom is 0.116 e. The number of phenols is 1. The second-order valence-electron chi connectivity index (χ2n) is 5.39. The number of nitrogens with one attached hydrogen (secondary N) is 1. The van der Waals surface area contributed by atoms with Gasteiger partial charge in [0.05, 0.1) is 0 Å². The van der Waals surface area contributed by atoms with E-state index in [4.69, 9.17) is 0 Å². The molecule has 0 amide bonds. The lowest BCUT2D eigenvalue weighted by molar-refractivity contribution is 0.476. The summed E-state index contributed by atoms with van der Waals surface area (Å²) in [6, 6.07) is 12.5. The number of aryl methyl sites for hydroxylation is 1. The summed E-state index contributed by atoms with van der Waals surface area (Å²) in [7, 11) is 0. The van der Waals surface area contributed by atoms with Gasteiger partial charge in [-0.05, 0) is 54.3 Å². The Morgan fingerprint density at radius 1 is 1.11 bits per heavy atom. The molecule has 0 atom stereocenters. The van der Waals surface area contributed by atoms with E-state index in [0.717, 1.165) is 18.4 Å². The minimum Gasteiger partial charge on any atom is -0.508 e. The van der Waals surface area contributed by atoms with Crippen molar-refractivity contribution in [3.8, 4) is 5.75 Å². The van der Waals surface area contributed by atoms with Crippen LogP contribution >= 0.6 is 0 Å². The van der Waals surface area contributed by atoms with Gasteiger partial charge in [-0.25, -0.2) is 0 Å². The third-order valence-electron chi connectivity index (χ3n) is 3.38. The maximum atomic E-state index is 9.51. The molecule has 102 valence electrons. The van der Waals surface area contributed by atoms with Crippen LogP contribution in [0.15, 0.2) is 36.4 Å². The Kier molecular flexibility index (Phi) is 4.80. The van der Waals surface area contributed by atoms with Crippen molar-refractivity contribution in [3.05, 3.63) is 42.0 Å². The summed E-state index contributed by atoms with van der Waals surface area (Å²) < 4.78 is 0. The highest BCUT2D eigenvalue weighted by molar-refractivity contribution is 5.86. The van der Waals surface area contributed by atoms with Crippen LogP contribution in [0.1, 0.15) is 32.3 Å². The van der Waals surface area contributed by atoms with Crippen molar-refractivity contribution in [2.75, 3.05) is 6.54 Å². The maximum absolute atomic E-state index is 9.51. The summed E-state index contributed by atoms with van der Waals surface area (Å²) in [4.78, 5) is 0. The molecule has 0 aromatic heterocycles. The Bertz CT molecular complexity index is 534. The molecular formula is C17H23NO. The van der Waals surface area contributed by atoms with E-state index in [-0.39, 0.29) is 0 Å². The predicted octanol–water partition coefficient (Wildman–Crippen LogP) is 3.87. The average Bonchev–Trinajstić information content (AvgIpc) is 2.37. The van der Waals surface area contributed by atoms with Crippen LogP contribution in [-0.2, 0) is 6.42 Å². The summed E-state index contributed by atoms with van der Waals surface area (Å²) >= 11 is 0. The predicted molar refractivity (Wildman–Crippen MR) is 81.7 cm³/mol. The number of benzene rings is 2. The van der Waals surface area contributed by atoms with Gasteiger partial charge in [-0.15, -0.1) is 0 Å². The van der Waals surface area contributed by atoms with Gasteiger partial charge in [-0.2, -0.15) is 0 Å². The molecule has 0 saturated carbocycles. The Morgan fingerprint density at radius 3 is 2.74 bits per heavy atom. The molecule has 2 rings (SSSR count). The van der Waals surface area contributed by atoms with Crippen LogP contribution in [-0.4, -0.2) is 17.7 Å². The first-order chi connectivity index (χ1) is 9.16. The molecule has 2 aromatic carbocycles. The Labute approximate surface area is 115 Å². The molecule has 0 heterocycles. The minimum absolute atomic E-state index is 0.339. The van der Waals surface area contributed by atoms with Gasteiger partial charge < -0.3 is 10.4 Å². The standard InChI is InChI=1S/C17H23NO/c1-13(2)18-11-4-3-6-14-7-5-8-15-12-16(19)9-10-17(14)15/h5,7-10,12-13,18-19H,3-4,6,11H2,1-2H3. The number of unbranched alkanes of at least 4 members (excludes halogenated alkanes) is 1. The van der Waals surface area contributed by atoms with E-state index in [1.807, 2.05) is 12.1 Å². The van der Waals surface area contributed by atoms with Crippen LogP contribution in [0, 0.1) is 0 Å². The lowest BCUT2D eigenvalue weighted by Gasteiger charge is -2.09. The molecule has 2 nitrogen and oxygen atoms in total. The molecule has 2 heteroatoms. The molecule has 0 aliphatic heterocycles. The highest BCUT2D eigenvalue weighted by atomic mass is 16.3. The molecule has 0 aliphatic rings. The topological polar surface area (TPSA) is 32.3 Å². The van der Waals surface area contributed by atoms with Crippen molar-refractivity contribution in [2.24, 2.45) is 0 Å². The zero-order valence-corrected chi connectivity index (χ0v) is 11.8. The van der Waals surface area contributed by atoms with Crippen LogP contribution in [0.2, 0.25) is 0 Å². The molecule has 0 radical (unpaired) electrons. The fraction of sp³-hybridized carbons (Fsp3) is 0.412. The Hall–Kier alpha value is -1.54. The van der Waals surface area contributed by atoms with E-state index in [1.165, 1.54) is 23.8 Å². The molecule has 2 aromatic rings. The van der Waals surface area contributed by atoms with Crippen LogP contribution in [0.25, 0.3) is 10.8 Å². The number of aromatic hydroxyl groups is 1. The van der Waals surface area contributed by atoms with Crippen LogP contribution in [0.4, 0.5) is 0 Å². The molecule has 0 spiro atoms. The van der Waals surface area contributed by atoms with E-state index < -0.39 is 0 Å². The van der Waals surface area contributed by atoms with E-state index >= 15 is 0 Å². The smallest absolute Gasteiger partial charge is 0.116 e. The van der Waals surface area contributed by atoms with E-state index in [2.05, 4.69) is 37.4 Å². The van der Waals surface area contributed by atoms with Crippen molar-refractivity contribution in [2.45, 2.75) is 39.2 Å². The summed E-state index contributed by atoms with van der Waals surface area (Å²) in [6.45, 7) is 5.44. The molecule has 19 heavy (non-hydrogen) atoms. The van der Waals surface area contributed by atoms with Gasteiger partial charge in [0.15, 0.2) is 0 Å². The normalized spacial score (nSPS) is 11.3. The first-order valence-electron chi connectivity index (χ1n) is 7.11. The van der Waals surface area contributed by atoms with Crippen LogP contribution in [0.5, 0.6) is 5.75 Å². The van der Waals surface area contributed by atoms with Crippen molar-refractivity contribution < 1.29 is 5.11 Å². The fourth-order valence-corrected chi connectivity index (χ4v) is 2.39. The zero-order valence-electron chi connectivity index (χ0n) is 11.8. The van der Waals surface area contributed by atoms with Gasteiger partial charge in [0.2, 0.25) is 0 Å². The van der Waals surface area contributed by atoms with E-state index in [1.54, 1.807) is 6.07 Å². The number of hydrogen-bond donors (Lipinski definition) is 2. The third kappa shape index (κ3) is 3.97. The lowest BCUT2D eigenvalue weighted by Crippen LogP contribution is -2.23. The second kappa shape index (κ2) is 6.58. The van der Waals surface area contributed by atoms with Crippen molar-refractivity contribution in [1.82, 2.24) is 5.32 Å². The van der Waals surface area contributed by atoms with Crippen molar-refractivity contribution in [3.63, 3.8) is 0 Å².